The highest BCUT2D eigenvalue weighted by molar-refractivity contribution is 5.96. The van der Waals surface area contributed by atoms with Gasteiger partial charge < -0.3 is 14.5 Å². The average molecular weight is 384 g/mol. The summed E-state index contributed by atoms with van der Waals surface area (Å²) in [6.07, 6.45) is 8.40. The van der Waals surface area contributed by atoms with E-state index in [9.17, 15) is 14.4 Å². The number of hydrogen-bond donors (Lipinski definition) is 0. The van der Waals surface area contributed by atoms with Crippen molar-refractivity contribution in [3.8, 4) is 0 Å². The Bertz CT molecular complexity index is 743. The van der Waals surface area contributed by atoms with Gasteiger partial charge in [-0.2, -0.15) is 0 Å². The number of esters is 1. The van der Waals surface area contributed by atoms with E-state index in [0.717, 1.165) is 38.0 Å². The smallest absolute Gasteiger partial charge is 0.338 e. The Kier molecular flexibility index (Phi) is 5.64. The summed E-state index contributed by atoms with van der Waals surface area (Å²) >= 11 is 0. The second kappa shape index (κ2) is 8.33. The third-order valence-electron chi connectivity index (χ3n) is 6.38. The van der Waals surface area contributed by atoms with Gasteiger partial charge in [0.05, 0.1) is 5.56 Å². The number of rotatable bonds is 4. The fourth-order valence-corrected chi connectivity index (χ4v) is 4.93. The van der Waals surface area contributed by atoms with Crippen molar-refractivity contribution in [2.45, 2.75) is 57.4 Å². The zero-order chi connectivity index (χ0) is 19.5. The van der Waals surface area contributed by atoms with Gasteiger partial charge in [0.25, 0.3) is 5.91 Å². The molecule has 2 saturated heterocycles. The van der Waals surface area contributed by atoms with Crippen molar-refractivity contribution < 1.29 is 19.1 Å². The number of likely N-dealkylation sites (tertiary alicyclic amines) is 1. The van der Waals surface area contributed by atoms with E-state index < -0.39 is 5.97 Å². The van der Waals surface area contributed by atoms with Gasteiger partial charge >= 0.3 is 5.97 Å². The molecule has 0 radical (unpaired) electrons. The van der Waals surface area contributed by atoms with E-state index in [4.69, 9.17) is 4.74 Å². The molecule has 28 heavy (non-hydrogen) atoms. The van der Waals surface area contributed by atoms with Crippen LogP contribution < -0.4 is 4.90 Å². The first-order valence-electron chi connectivity index (χ1n) is 10.5. The first kappa shape index (κ1) is 19.0. The Morgan fingerprint density at radius 2 is 1.71 bits per heavy atom. The van der Waals surface area contributed by atoms with Crippen LogP contribution in [0.5, 0.6) is 0 Å². The zero-order valence-electron chi connectivity index (χ0n) is 16.3. The molecule has 2 amide bonds. The summed E-state index contributed by atoms with van der Waals surface area (Å²) in [5.74, 6) is 0.153. The van der Waals surface area contributed by atoms with Crippen molar-refractivity contribution in [1.82, 2.24) is 4.90 Å². The van der Waals surface area contributed by atoms with Gasteiger partial charge in [0.1, 0.15) is 0 Å². The molecule has 3 fully saturated rings. The van der Waals surface area contributed by atoms with Gasteiger partial charge in [-0.3, -0.25) is 9.59 Å². The minimum Gasteiger partial charge on any atom is -0.452 e. The van der Waals surface area contributed by atoms with E-state index in [1.54, 1.807) is 29.2 Å². The molecule has 4 rings (SSSR count). The van der Waals surface area contributed by atoms with E-state index in [1.165, 1.54) is 25.7 Å². The molecule has 0 N–H and O–H groups in total. The van der Waals surface area contributed by atoms with E-state index in [2.05, 4.69) is 0 Å². The van der Waals surface area contributed by atoms with E-state index in [-0.39, 0.29) is 18.4 Å². The predicted octanol–water partition coefficient (Wildman–Crippen LogP) is 3.15. The van der Waals surface area contributed by atoms with Crippen molar-refractivity contribution >= 4 is 23.5 Å². The minimum atomic E-state index is -0.496. The minimum absolute atomic E-state index is 0.0794. The number of anilines is 1. The third-order valence-corrected chi connectivity index (χ3v) is 6.38. The SMILES string of the molecule is O=C(OCC(=O)N1CCC[C@H]2CCCC[C@@H]21)c1ccc(N2CCCC2=O)cc1. The first-order chi connectivity index (χ1) is 13.6. The molecule has 6 heteroatoms. The molecular formula is C22H28N2O4. The van der Waals surface area contributed by atoms with Crippen LogP contribution in [0.4, 0.5) is 5.69 Å². The Balaban J connectivity index is 1.32. The number of piperidine rings is 1. The highest BCUT2D eigenvalue weighted by Crippen LogP contribution is 2.35. The van der Waals surface area contributed by atoms with Crippen molar-refractivity contribution in [2.75, 3.05) is 24.6 Å². The maximum Gasteiger partial charge on any atom is 0.338 e. The van der Waals surface area contributed by atoms with Gasteiger partial charge in [0.2, 0.25) is 5.91 Å². The van der Waals surface area contributed by atoms with Crippen LogP contribution >= 0.6 is 0 Å². The number of nitrogens with zero attached hydrogens (tertiary/aromatic N) is 2. The first-order valence-corrected chi connectivity index (χ1v) is 10.5. The topological polar surface area (TPSA) is 66.9 Å². The number of amides is 2. The Morgan fingerprint density at radius 3 is 2.46 bits per heavy atom. The van der Waals surface area contributed by atoms with Gasteiger partial charge in [-0.1, -0.05) is 12.8 Å². The fraction of sp³-hybridized carbons (Fsp3) is 0.591. The Labute approximate surface area is 165 Å². The highest BCUT2D eigenvalue weighted by atomic mass is 16.5. The standard InChI is InChI=1S/C22H28N2O4/c25-20-8-4-13-23(20)18-11-9-17(10-12-18)22(27)28-15-21(26)24-14-3-6-16-5-1-2-7-19(16)24/h9-12,16,19H,1-8,13-15H2/t16-,19+/m1/s1. The van der Waals surface area contributed by atoms with Crippen molar-refractivity contribution in [1.29, 1.82) is 0 Å². The Morgan fingerprint density at radius 1 is 0.964 bits per heavy atom. The van der Waals surface area contributed by atoms with Crippen LogP contribution in [-0.4, -0.2) is 48.4 Å². The maximum absolute atomic E-state index is 12.7. The lowest BCUT2D eigenvalue weighted by Crippen LogP contribution is -2.50. The summed E-state index contributed by atoms with van der Waals surface area (Å²) < 4.78 is 5.30. The molecule has 1 aromatic rings. The second-order valence-corrected chi connectivity index (χ2v) is 8.11. The van der Waals surface area contributed by atoms with Crippen LogP contribution in [0, 0.1) is 5.92 Å². The van der Waals surface area contributed by atoms with Crippen LogP contribution in [0.3, 0.4) is 0 Å². The van der Waals surface area contributed by atoms with Gasteiger partial charge in [0, 0.05) is 31.2 Å². The predicted molar refractivity (Wildman–Crippen MR) is 105 cm³/mol. The molecule has 2 aliphatic heterocycles. The summed E-state index contributed by atoms with van der Waals surface area (Å²) in [5, 5.41) is 0. The van der Waals surface area contributed by atoms with Crippen molar-refractivity contribution in [3.05, 3.63) is 29.8 Å². The maximum atomic E-state index is 12.7. The van der Waals surface area contributed by atoms with E-state index in [0.29, 0.717) is 23.9 Å². The second-order valence-electron chi connectivity index (χ2n) is 8.11. The summed E-state index contributed by atoms with van der Waals surface area (Å²) in [7, 11) is 0. The average Bonchev–Trinajstić information content (AvgIpc) is 3.17. The molecule has 0 bridgehead atoms. The lowest BCUT2D eigenvalue weighted by molar-refractivity contribution is -0.140. The summed E-state index contributed by atoms with van der Waals surface area (Å²) in [5.41, 5.74) is 1.20. The molecule has 0 unspecified atom stereocenters. The van der Waals surface area contributed by atoms with Crippen LogP contribution in [0.15, 0.2) is 24.3 Å². The number of benzene rings is 1. The van der Waals surface area contributed by atoms with Gasteiger partial charge in [-0.15, -0.1) is 0 Å². The van der Waals surface area contributed by atoms with E-state index in [1.807, 2.05) is 4.90 Å². The number of carbonyl (C=O) groups excluding carboxylic acids is 3. The molecule has 1 saturated carbocycles. The normalized spacial score (nSPS) is 24.8. The molecule has 1 aliphatic carbocycles. The number of ether oxygens (including phenoxy) is 1. The molecule has 0 spiro atoms. The number of fused-ring (bicyclic) bond motifs is 1. The molecule has 2 atom stereocenters. The molecule has 3 aliphatic rings. The zero-order valence-corrected chi connectivity index (χ0v) is 16.3. The lowest BCUT2D eigenvalue weighted by atomic mass is 9.78. The van der Waals surface area contributed by atoms with Crippen molar-refractivity contribution in [2.24, 2.45) is 5.92 Å². The van der Waals surface area contributed by atoms with E-state index >= 15 is 0 Å². The molecule has 1 aromatic carbocycles. The van der Waals surface area contributed by atoms with Gasteiger partial charge in [-0.05, 0) is 62.3 Å². The molecule has 2 heterocycles. The summed E-state index contributed by atoms with van der Waals surface area (Å²) in [6, 6.07) is 7.17. The summed E-state index contributed by atoms with van der Waals surface area (Å²) in [4.78, 5) is 40.5. The van der Waals surface area contributed by atoms with Crippen LogP contribution in [0.2, 0.25) is 0 Å². The summed E-state index contributed by atoms with van der Waals surface area (Å²) in [6.45, 7) is 1.29. The Hall–Kier alpha value is -2.37. The lowest BCUT2D eigenvalue weighted by Gasteiger charge is -2.44. The highest BCUT2D eigenvalue weighted by Gasteiger charge is 2.35. The molecule has 6 nitrogen and oxygen atoms in total. The molecule has 0 aromatic heterocycles. The number of carbonyl (C=O) groups is 3. The quantitative estimate of drug-likeness (QED) is 0.748. The largest absolute Gasteiger partial charge is 0.452 e. The van der Waals surface area contributed by atoms with Crippen LogP contribution in [0.25, 0.3) is 0 Å². The number of hydrogen-bond acceptors (Lipinski definition) is 4. The van der Waals surface area contributed by atoms with Crippen LogP contribution in [-0.2, 0) is 14.3 Å². The fourth-order valence-electron chi connectivity index (χ4n) is 4.93. The molecule has 150 valence electrons. The van der Waals surface area contributed by atoms with Gasteiger partial charge in [0.15, 0.2) is 6.61 Å². The third kappa shape index (κ3) is 3.91. The van der Waals surface area contributed by atoms with Crippen molar-refractivity contribution in [3.63, 3.8) is 0 Å². The monoisotopic (exact) mass is 384 g/mol. The molecular weight excluding hydrogens is 356 g/mol. The van der Waals surface area contributed by atoms with Crippen LogP contribution in [0.1, 0.15) is 61.7 Å². The van der Waals surface area contributed by atoms with Gasteiger partial charge in [-0.25, -0.2) is 4.79 Å².